The average Bonchev–Trinajstić information content (AvgIpc) is 2.24. The Hall–Kier alpha value is -0.123. The number of rotatable bonds is 11. The largest absolute Gasteiger partial charge is 0.356 e. The second-order valence-corrected chi connectivity index (χ2v) is 11.2. The van der Waals surface area contributed by atoms with Crippen LogP contribution in [0.5, 0.6) is 0 Å². The third kappa shape index (κ3) is 15.9. The Bertz CT molecular complexity index is 185. The Morgan fingerprint density at radius 1 is 0.941 bits per heavy atom. The second kappa shape index (κ2) is 11.0. The van der Waals surface area contributed by atoms with Gasteiger partial charge in [-0.25, -0.2) is 0 Å². The van der Waals surface area contributed by atoms with Crippen LogP contribution >= 0.6 is 0 Å². The molecule has 17 heavy (non-hydrogen) atoms. The van der Waals surface area contributed by atoms with Crippen LogP contribution in [0, 0.1) is 0 Å². The van der Waals surface area contributed by atoms with Crippen LogP contribution in [-0.2, 0) is 9.47 Å². The maximum absolute atomic E-state index is 5.45. The van der Waals surface area contributed by atoms with Gasteiger partial charge in [0.1, 0.15) is 6.79 Å². The van der Waals surface area contributed by atoms with E-state index in [2.05, 4.69) is 38.7 Å². The molecule has 0 saturated heterocycles. The third-order valence-electron chi connectivity index (χ3n) is 2.47. The van der Waals surface area contributed by atoms with Crippen molar-refractivity contribution in [3.8, 4) is 0 Å². The van der Waals surface area contributed by atoms with Crippen LogP contribution < -0.4 is 0 Å². The van der Waals surface area contributed by atoms with E-state index in [1.807, 2.05) is 0 Å². The predicted octanol–water partition coefficient (Wildman–Crippen LogP) is 4.45. The fourth-order valence-corrected chi connectivity index (χ4v) is 2.06. The quantitative estimate of drug-likeness (QED) is 0.236. The van der Waals surface area contributed by atoms with Crippen molar-refractivity contribution in [1.82, 2.24) is 0 Å². The van der Waals surface area contributed by atoms with Gasteiger partial charge < -0.3 is 9.47 Å². The fourth-order valence-electron chi connectivity index (χ4n) is 1.31. The molecule has 0 aliphatic carbocycles. The van der Waals surface area contributed by atoms with Gasteiger partial charge in [-0.05, 0) is 31.7 Å². The Kier molecular flexibility index (Phi) is 10.9. The van der Waals surface area contributed by atoms with Gasteiger partial charge in [0.15, 0.2) is 0 Å². The molecule has 2 nitrogen and oxygen atoms in total. The molecule has 3 heteroatoms. The highest BCUT2D eigenvalue weighted by Gasteiger charge is 2.11. The zero-order chi connectivity index (χ0) is 13.0. The van der Waals surface area contributed by atoms with Crippen LogP contribution in [0.1, 0.15) is 32.6 Å². The highest BCUT2D eigenvalue weighted by molar-refractivity contribution is 6.76. The summed E-state index contributed by atoms with van der Waals surface area (Å²) in [5, 5.41) is 0. The summed E-state index contributed by atoms with van der Waals surface area (Å²) in [5.41, 5.74) is 0. The number of allylic oxidation sites excluding steroid dienone is 2. The molecular weight excluding hydrogens is 228 g/mol. The summed E-state index contributed by atoms with van der Waals surface area (Å²) in [6, 6.07) is 1.22. The smallest absolute Gasteiger partial charge is 0.146 e. The van der Waals surface area contributed by atoms with E-state index < -0.39 is 8.07 Å². The summed E-state index contributed by atoms with van der Waals surface area (Å²) < 4.78 is 10.9. The minimum atomic E-state index is -0.939. The van der Waals surface area contributed by atoms with E-state index >= 15 is 0 Å². The molecule has 0 aromatic carbocycles. The molecule has 0 aromatic rings. The second-order valence-electron chi connectivity index (χ2n) is 5.62. The topological polar surface area (TPSA) is 18.5 Å². The van der Waals surface area contributed by atoms with E-state index in [1.165, 1.54) is 18.9 Å². The monoisotopic (exact) mass is 258 g/mol. The minimum Gasteiger partial charge on any atom is -0.356 e. The Morgan fingerprint density at radius 3 is 2.29 bits per heavy atom. The van der Waals surface area contributed by atoms with Crippen LogP contribution in [0.15, 0.2) is 12.2 Å². The van der Waals surface area contributed by atoms with Crippen molar-refractivity contribution in [3.63, 3.8) is 0 Å². The van der Waals surface area contributed by atoms with Crippen LogP contribution in [0.3, 0.4) is 0 Å². The summed E-state index contributed by atoms with van der Waals surface area (Å²) >= 11 is 0. The fraction of sp³-hybridized carbons (Fsp3) is 0.857. The summed E-state index contributed by atoms with van der Waals surface area (Å²) in [4.78, 5) is 0. The van der Waals surface area contributed by atoms with E-state index in [1.54, 1.807) is 0 Å². The molecule has 0 N–H and O–H groups in total. The van der Waals surface area contributed by atoms with Gasteiger partial charge in [-0.2, -0.15) is 0 Å². The third-order valence-corrected chi connectivity index (χ3v) is 4.18. The first kappa shape index (κ1) is 16.9. The lowest BCUT2D eigenvalue weighted by atomic mass is 10.2. The number of hydrogen-bond donors (Lipinski definition) is 0. The summed E-state index contributed by atoms with van der Waals surface area (Å²) in [7, 11) is -0.939. The van der Waals surface area contributed by atoms with Crippen molar-refractivity contribution in [3.05, 3.63) is 12.2 Å². The molecule has 0 aromatic heterocycles. The van der Waals surface area contributed by atoms with Crippen molar-refractivity contribution in [2.24, 2.45) is 0 Å². The van der Waals surface area contributed by atoms with E-state index in [9.17, 15) is 0 Å². The van der Waals surface area contributed by atoms with Crippen molar-refractivity contribution in [2.45, 2.75) is 58.3 Å². The Balaban J connectivity index is 3.06. The van der Waals surface area contributed by atoms with Crippen LogP contribution in [-0.4, -0.2) is 28.1 Å². The van der Waals surface area contributed by atoms with Gasteiger partial charge in [-0.15, -0.1) is 0 Å². The van der Waals surface area contributed by atoms with Crippen molar-refractivity contribution in [1.29, 1.82) is 0 Å². The Morgan fingerprint density at radius 2 is 1.65 bits per heavy atom. The molecule has 0 atom stereocenters. The van der Waals surface area contributed by atoms with Gasteiger partial charge in [0.2, 0.25) is 0 Å². The van der Waals surface area contributed by atoms with Crippen LogP contribution in [0.4, 0.5) is 0 Å². The number of unbranched alkanes of at least 4 members (excludes halogenated alkanes) is 2. The van der Waals surface area contributed by atoms with Gasteiger partial charge in [0.05, 0.1) is 0 Å². The minimum absolute atomic E-state index is 0.468. The molecule has 102 valence electrons. The Labute approximate surface area is 108 Å². The maximum atomic E-state index is 5.45. The molecule has 0 fully saturated rings. The van der Waals surface area contributed by atoms with Gasteiger partial charge in [0, 0.05) is 21.3 Å². The van der Waals surface area contributed by atoms with Gasteiger partial charge >= 0.3 is 0 Å². The molecule has 0 saturated carbocycles. The molecule has 0 rings (SSSR count). The zero-order valence-corrected chi connectivity index (χ0v) is 13.1. The van der Waals surface area contributed by atoms with E-state index in [0.29, 0.717) is 6.79 Å². The lowest BCUT2D eigenvalue weighted by Gasteiger charge is -2.15. The van der Waals surface area contributed by atoms with Crippen molar-refractivity contribution in [2.75, 3.05) is 20.0 Å². The van der Waals surface area contributed by atoms with Gasteiger partial charge in [-0.3, -0.25) is 0 Å². The molecule has 0 unspecified atom stereocenters. The average molecular weight is 258 g/mol. The van der Waals surface area contributed by atoms with Crippen molar-refractivity contribution < 1.29 is 9.47 Å². The molecule has 0 bridgehead atoms. The van der Waals surface area contributed by atoms with Crippen LogP contribution in [0.25, 0.3) is 0 Å². The highest BCUT2D eigenvalue weighted by atomic mass is 28.3. The standard InChI is InChI=1S/C14H30O2Si/c1-5-6-7-8-9-10-11-15-14-16-12-13-17(2,3)4/h6-7H,5,8-14H2,1-4H3/b7-6+. The summed E-state index contributed by atoms with van der Waals surface area (Å²) in [6.07, 6.45) is 9.14. The molecule has 0 heterocycles. The van der Waals surface area contributed by atoms with E-state index in [4.69, 9.17) is 9.47 Å². The first-order valence-electron chi connectivity index (χ1n) is 6.87. The number of ether oxygens (including phenoxy) is 2. The summed E-state index contributed by atoms with van der Waals surface area (Å²) in [6.45, 7) is 11.4. The van der Waals surface area contributed by atoms with Crippen molar-refractivity contribution >= 4 is 8.07 Å². The first-order valence-corrected chi connectivity index (χ1v) is 10.6. The molecule has 0 radical (unpaired) electrons. The lowest BCUT2D eigenvalue weighted by Crippen LogP contribution is -2.22. The molecule has 0 aliphatic rings. The summed E-state index contributed by atoms with van der Waals surface area (Å²) in [5.74, 6) is 0. The maximum Gasteiger partial charge on any atom is 0.146 e. The zero-order valence-electron chi connectivity index (χ0n) is 12.1. The van der Waals surface area contributed by atoms with Crippen LogP contribution in [0.2, 0.25) is 25.7 Å². The molecule has 0 spiro atoms. The first-order chi connectivity index (χ1) is 8.06. The van der Waals surface area contributed by atoms with Gasteiger partial charge in [-0.1, -0.05) is 38.7 Å². The molecule has 0 amide bonds. The van der Waals surface area contributed by atoms with E-state index in [-0.39, 0.29) is 0 Å². The number of hydrogen-bond acceptors (Lipinski definition) is 2. The lowest BCUT2D eigenvalue weighted by molar-refractivity contribution is -0.0502. The molecule has 0 aliphatic heterocycles. The SMILES string of the molecule is CC/C=C/CCCCOCOCC[Si](C)(C)C. The van der Waals surface area contributed by atoms with E-state index in [0.717, 1.165) is 26.1 Å². The highest BCUT2D eigenvalue weighted by Crippen LogP contribution is 2.07. The normalized spacial score (nSPS) is 12.5. The van der Waals surface area contributed by atoms with Gasteiger partial charge in [0.25, 0.3) is 0 Å². The molecular formula is C14H30O2Si. The predicted molar refractivity (Wildman–Crippen MR) is 78.2 cm³/mol.